The Hall–Kier alpha value is -0.860. The average molecular weight is 224 g/mol. The number of carbonyl (C=O) groups is 1. The fourth-order valence-corrected chi connectivity index (χ4v) is 1.82. The Labute approximate surface area is 94.6 Å². The van der Waals surface area contributed by atoms with Crippen LogP contribution in [0.25, 0.3) is 0 Å². The zero-order valence-corrected chi connectivity index (χ0v) is 9.47. The van der Waals surface area contributed by atoms with E-state index in [0.717, 1.165) is 24.2 Å². The van der Waals surface area contributed by atoms with Gasteiger partial charge in [0.1, 0.15) is 0 Å². The molecule has 2 rings (SSSR count). The van der Waals surface area contributed by atoms with Gasteiger partial charge in [0.15, 0.2) is 5.78 Å². The highest BCUT2D eigenvalue weighted by Gasteiger charge is 2.20. The molecule has 1 heterocycles. The number of ketones is 1. The first-order chi connectivity index (χ1) is 7.16. The molecular weight excluding hydrogens is 210 g/mol. The fraction of sp³-hybridized carbons (Fsp3) is 0.417. The van der Waals surface area contributed by atoms with Crippen LogP contribution in [0.2, 0.25) is 5.02 Å². The van der Waals surface area contributed by atoms with E-state index in [2.05, 4.69) is 5.32 Å². The SMILES string of the molecule is Cc1ccc(C(=O)CC2CNC2)cc1Cl. The summed E-state index contributed by atoms with van der Waals surface area (Å²) >= 11 is 5.98. The Balaban J connectivity index is 2.07. The van der Waals surface area contributed by atoms with Crippen LogP contribution >= 0.6 is 11.6 Å². The molecule has 1 aliphatic rings. The Morgan fingerprint density at radius 1 is 1.53 bits per heavy atom. The van der Waals surface area contributed by atoms with Crippen LogP contribution in [0, 0.1) is 12.8 Å². The van der Waals surface area contributed by atoms with E-state index in [4.69, 9.17) is 11.6 Å². The normalized spacial score (nSPS) is 16.1. The average Bonchev–Trinajstić information content (AvgIpc) is 2.15. The molecule has 3 heteroatoms. The zero-order chi connectivity index (χ0) is 10.8. The second kappa shape index (κ2) is 4.33. The Morgan fingerprint density at radius 2 is 2.27 bits per heavy atom. The first-order valence-electron chi connectivity index (χ1n) is 5.17. The fourth-order valence-electron chi connectivity index (χ4n) is 1.64. The standard InChI is InChI=1S/C12H14ClNO/c1-8-2-3-10(5-11(8)13)12(15)4-9-6-14-7-9/h2-3,5,9,14H,4,6-7H2,1H3. The van der Waals surface area contributed by atoms with Crippen LogP contribution in [0.3, 0.4) is 0 Å². The minimum Gasteiger partial charge on any atom is -0.316 e. The summed E-state index contributed by atoms with van der Waals surface area (Å²) < 4.78 is 0. The first-order valence-corrected chi connectivity index (χ1v) is 5.54. The molecule has 0 amide bonds. The summed E-state index contributed by atoms with van der Waals surface area (Å²) in [5.74, 6) is 0.709. The molecule has 0 atom stereocenters. The van der Waals surface area contributed by atoms with Crippen LogP contribution in [0.15, 0.2) is 18.2 Å². The molecule has 1 fully saturated rings. The van der Waals surface area contributed by atoms with Crippen molar-refractivity contribution >= 4 is 17.4 Å². The summed E-state index contributed by atoms with van der Waals surface area (Å²) in [5, 5.41) is 3.83. The molecule has 0 aliphatic carbocycles. The molecule has 80 valence electrons. The van der Waals surface area contributed by atoms with Gasteiger partial charge in [0.25, 0.3) is 0 Å². The number of carbonyl (C=O) groups excluding carboxylic acids is 1. The smallest absolute Gasteiger partial charge is 0.163 e. The van der Waals surface area contributed by atoms with Crippen molar-refractivity contribution in [3.8, 4) is 0 Å². The van der Waals surface area contributed by atoms with Gasteiger partial charge in [0.05, 0.1) is 0 Å². The van der Waals surface area contributed by atoms with E-state index in [9.17, 15) is 4.79 Å². The number of halogens is 1. The lowest BCUT2D eigenvalue weighted by Crippen LogP contribution is -2.42. The number of hydrogen-bond donors (Lipinski definition) is 1. The third-order valence-corrected chi connectivity index (χ3v) is 3.24. The van der Waals surface area contributed by atoms with E-state index in [0.29, 0.717) is 17.4 Å². The molecule has 1 aliphatic heterocycles. The molecule has 1 aromatic rings. The summed E-state index contributed by atoms with van der Waals surface area (Å²) in [6.07, 6.45) is 0.631. The van der Waals surface area contributed by atoms with Gasteiger partial charge in [-0.25, -0.2) is 0 Å². The van der Waals surface area contributed by atoms with Gasteiger partial charge in [-0.3, -0.25) is 4.79 Å². The molecule has 0 radical (unpaired) electrons. The van der Waals surface area contributed by atoms with Crippen LogP contribution in [0.1, 0.15) is 22.3 Å². The van der Waals surface area contributed by atoms with Crippen molar-refractivity contribution in [1.82, 2.24) is 5.32 Å². The predicted octanol–water partition coefficient (Wildman–Crippen LogP) is 2.44. The second-order valence-corrected chi connectivity index (χ2v) is 4.52. The summed E-state index contributed by atoms with van der Waals surface area (Å²) in [6.45, 7) is 3.86. The Kier molecular flexibility index (Phi) is 3.08. The third kappa shape index (κ3) is 2.39. The number of aryl methyl sites for hydroxylation is 1. The summed E-state index contributed by atoms with van der Waals surface area (Å²) in [5.41, 5.74) is 1.75. The number of benzene rings is 1. The van der Waals surface area contributed by atoms with Crippen molar-refractivity contribution in [2.75, 3.05) is 13.1 Å². The second-order valence-electron chi connectivity index (χ2n) is 4.12. The van der Waals surface area contributed by atoms with Gasteiger partial charge in [-0.05, 0) is 37.6 Å². The summed E-state index contributed by atoms with van der Waals surface area (Å²) in [4.78, 5) is 11.8. The molecule has 1 N–H and O–H groups in total. The van der Waals surface area contributed by atoms with Gasteiger partial charge in [-0.15, -0.1) is 0 Å². The number of Topliss-reactive ketones (excluding diaryl/α,β-unsaturated/α-hetero) is 1. The monoisotopic (exact) mass is 223 g/mol. The van der Waals surface area contributed by atoms with Crippen LogP contribution in [0.5, 0.6) is 0 Å². The van der Waals surface area contributed by atoms with Gasteiger partial charge in [-0.2, -0.15) is 0 Å². The Bertz CT molecular complexity index is 385. The van der Waals surface area contributed by atoms with Crippen molar-refractivity contribution in [1.29, 1.82) is 0 Å². The van der Waals surface area contributed by atoms with E-state index in [1.807, 2.05) is 19.1 Å². The third-order valence-electron chi connectivity index (χ3n) is 2.83. The molecule has 0 spiro atoms. The zero-order valence-electron chi connectivity index (χ0n) is 8.72. The molecular formula is C12H14ClNO. The van der Waals surface area contributed by atoms with Gasteiger partial charge >= 0.3 is 0 Å². The molecule has 0 saturated carbocycles. The van der Waals surface area contributed by atoms with Crippen molar-refractivity contribution in [3.05, 3.63) is 34.3 Å². The van der Waals surface area contributed by atoms with Gasteiger partial charge in [-0.1, -0.05) is 23.7 Å². The molecule has 1 aromatic carbocycles. The lowest BCUT2D eigenvalue weighted by molar-refractivity contribution is 0.0945. The topological polar surface area (TPSA) is 29.1 Å². The number of nitrogens with one attached hydrogen (secondary N) is 1. The predicted molar refractivity (Wildman–Crippen MR) is 61.5 cm³/mol. The highest BCUT2D eigenvalue weighted by atomic mass is 35.5. The van der Waals surface area contributed by atoms with Gasteiger partial charge in [0, 0.05) is 17.0 Å². The van der Waals surface area contributed by atoms with Crippen LogP contribution in [-0.2, 0) is 0 Å². The molecule has 0 bridgehead atoms. The lowest BCUT2D eigenvalue weighted by Gasteiger charge is -2.26. The van der Waals surface area contributed by atoms with Gasteiger partial charge < -0.3 is 5.32 Å². The maximum atomic E-state index is 11.8. The molecule has 0 aromatic heterocycles. The Morgan fingerprint density at radius 3 is 2.80 bits per heavy atom. The van der Waals surface area contributed by atoms with Crippen molar-refractivity contribution < 1.29 is 4.79 Å². The van der Waals surface area contributed by atoms with Crippen LogP contribution in [0.4, 0.5) is 0 Å². The highest BCUT2D eigenvalue weighted by molar-refractivity contribution is 6.31. The lowest BCUT2D eigenvalue weighted by atomic mass is 9.93. The quantitative estimate of drug-likeness (QED) is 0.798. The van der Waals surface area contributed by atoms with E-state index >= 15 is 0 Å². The molecule has 15 heavy (non-hydrogen) atoms. The minimum atomic E-state index is 0.198. The van der Waals surface area contributed by atoms with Gasteiger partial charge in [0.2, 0.25) is 0 Å². The van der Waals surface area contributed by atoms with Crippen molar-refractivity contribution in [2.24, 2.45) is 5.92 Å². The molecule has 2 nitrogen and oxygen atoms in total. The highest BCUT2D eigenvalue weighted by Crippen LogP contribution is 2.19. The van der Waals surface area contributed by atoms with E-state index in [1.165, 1.54) is 0 Å². The maximum absolute atomic E-state index is 11.8. The molecule has 1 saturated heterocycles. The van der Waals surface area contributed by atoms with Crippen LogP contribution < -0.4 is 5.32 Å². The first kappa shape index (κ1) is 10.7. The molecule has 0 unspecified atom stereocenters. The number of rotatable bonds is 3. The largest absolute Gasteiger partial charge is 0.316 e. The van der Waals surface area contributed by atoms with Crippen molar-refractivity contribution in [3.63, 3.8) is 0 Å². The van der Waals surface area contributed by atoms with Crippen LogP contribution in [-0.4, -0.2) is 18.9 Å². The minimum absolute atomic E-state index is 0.198. The maximum Gasteiger partial charge on any atom is 0.163 e. The van der Waals surface area contributed by atoms with E-state index in [-0.39, 0.29) is 5.78 Å². The summed E-state index contributed by atoms with van der Waals surface area (Å²) in [6, 6.07) is 5.52. The van der Waals surface area contributed by atoms with Crippen molar-refractivity contribution in [2.45, 2.75) is 13.3 Å². The number of hydrogen-bond acceptors (Lipinski definition) is 2. The summed E-state index contributed by atoms with van der Waals surface area (Å²) in [7, 11) is 0. The van der Waals surface area contributed by atoms with E-state index in [1.54, 1.807) is 6.07 Å². The van der Waals surface area contributed by atoms with E-state index < -0.39 is 0 Å².